The third-order valence-electron chi connectivity index (χ3n) is 2.48. The van der Waals surface area contributed by atoms with Crippen molar-refractivity contribution in [2.45, 2.75) is 19.9 Å². The molecular weight excluding hydrogens is 254 g/mol. The Balaban J connectivity index is 0.00000289. The van der Waals surface area contributed by atoms with Crippen LogP contribution in [0.2, 0.25) is 0 Å². The number of hydrogen-bond donors (Lipinski definition) is 3. The summed E-state index contributed by atoms with van der Waals surface area (Å²) in [5, 5.41) is 5.23. The summed E-state index contributed by atoms with van der Waals surface area (Å²) in [6, 6.07) is 4.57. The molecule has 0 saturated carbocycles. The quantitative estimate of drug-likeness (QED) is 0.769. The van der Waals surface area contributed by atoms with E-state index in [2.05, 4.69) is 10.6 Å². The molecule has 0 radical (unpaired) electrons. The van der Waals surface area contributed by atoms with Crippen LogP contribution in [0.15, 0.2) is 18.2 Å². The summed E-state index contributed by atoms with van der Waals surface area (Å²) in [5.74, 6) is -0.457. The summed E-state index contributed by atoms with van der Waals surface area (Å²) in [6.07, 6.45) is 0. The Bertz CT molecular complexity index is 447. The zero-order chi connectivity index (χ0) is 13.0. The summed E-state index contributed by atoms with van der Waals surface area (Å²) < 4.78 is 0. The molecule has 1 aromatic carbocycles. The van der Waals surface area contributed by atoms with E-state index in [4.69, 9.17) is 5.73 Å². The van der Waals surface area contributed by atoms with E-state index < -0.39 is 6.04 Å². The van der Waals surface area contributed by atoms with Gasteiger partial charge in [0, 0.05) is 18.3 Å². The van der Waals surface area contributed by atoms with Crippen LogP contribution in [0, 0.1) is 6.92 Å². The first-order valence-corrected chi connectivity index (χ1v) is 5.35. The Hall–Kier alpha value is -1.59. The van der Waals surface area contributed by atoms with Gasteiger partial charge < -0.3 is 16.4 Å². The van der Waals surface area contributed by atoms with Crippen LogP contribution >= 0.6 is 12.4 Å². The summed E-state index contributed by atoms with van der Waals surface area (Å²) in [7, 11) is 1.56. The topological polar surface area (TPSA) is 84.2 Å². The smallest absolute Gasteiger partial charge is 0.251 e. The van der Waals surface area contributed by atoms with Gasteiger partial charge in [-0.3, -0.25) is 9.59 Å². The van der Waals surface area contributed by atoms with Crippen molar-refractivity contribution in [3.05, 3.63) is 29.3 Å². The van der Waals surface area contributed by atoms with Gasteiger partial charge in [-0.25, -0.2) is 0 Å². The number of nitrogens with two attached hydrogens (primary N) is 1. The minimum atomic E-state index is -0.585. The van der Waals surface area contributed by atoms with Crippen molar-refractivity contribution in [1.82, 2.24) is 5.32 Å². The lowest BCUT2D eigenvalue weighted by Gasteiger charge is -2.12. The highest BCUT2D eigenvalue weighted by Gasteiger charge is 2.13. The van der Waals surface area contributed by atoms with Crippen molar-refractivity contribution in [3.8, 4) is 0 Å². The lowest BCUT2D eigenvalue weighted by Crippen LogP contribution is -2.32. The Labute approximate surface area is 113 Å². The first-order chi connectivity index (χ1) is 7.97. The molecule has 1 atom stereocenters. The number of carbonyl (C=O) groups is 2. The number of anilines is 1. The molecule has 0 bridgehead atoms. The predicted molar refractivity (Wildman–Crippen MR) is 74.1 cm³/mol. The van der Waals surface area contributed by atoms with E-state index in [0.29, 0.717) is 11.3 Å². The van der Waals surface area contributed by atoms with E-state index in [-0.39, 0.29) is 24.2 Å². The maximum absolute atomic E-state index is 11.6. The van der Waals surface area contributed by atoms with Gasteiger partial charge in [-0.05, 0) is 31.5 Å². The molecule has 0 aliphatic carbocycles. The number of carbonyl (C=O) groups excluding carboxylic acids is 2. The molecule has 6 heteroatoms. The van der Waals surface area contributed by atoms with Crippen LogP contribution in [-0.4, -0.2) is 24.9 Å². The van der Waals surface area contributed by atoms with E-state index in [1.165, 1.54) is 0 Å². The molecule has 1 rings (SSSR count). The normalized spacial score (nSPS) is 11.1. The second-order valence-corrected chi connectivity index (χ2v) is 3.84. The maximum Gasteiger partial charge on any atom is 0.251 e. The van der Waals surface area contributed by atoms with Gasteiger partial charge in [0.2, 0.25) is 5.91 Å². The maximum atomic E-state index is 11.6. The zero-order valence-corrected chi connectivity index (χ0v) is 11.4. The molecule has 0 aliphatic heterocycles. The third-order valence-corrected chi connectivity index (χ3v) is 2.48. The van der Waals surface area contributed by atoms with Crippen LogP contribution in [0.4, 0.5) is 5.69 Å². The average molecular weight is 272 g/mol. The predicted octanol–water partition coefficient (Wildman–Crippen LogP) is 1.06. The minimum absolute atomic E-state index is 0. The fourth-order valence-electron chi connectivity index (χ4n) is 1.40. The fourth-order valence-corrected chi connectivity index (χ4v) is 1.40. The number of nitrogens with one attached hydrogen (secondary N) is 2. The molecule has 1 aromatic rings. The number of amides is 2. The highest BCUT2D eigenvalue weighted by molar-refractivity contribution is 6.00. The summed E-state index contributed by atoms with van der Waals surface area (Å²) in [6.45, 7) is 3.38. The highest BCUT2D eigenvalue weighted by atomic mass is 35.5. The van der Waals surface area contributed by atoms with Gasteiger partial charge in [0.15, 0.2) is 0 Å². The van der Waals surface area contributed by atoms with E-state index in [0.717, 1.165) is 5.56 Å². The van der Waals surface area contributed by atoms with Gasteiger partial charge in [0.25, 0.3) is 5.91 Å². The average Bonchev–Trinajstić information content (AvgIpc) is 2.30. The molecule has 0 aromatic heterocycles. The molecule has 0 spiro atoms. The summed E-state index contributed by atoms with van der Waals surface area (Å²) in [5.41, 5.74) is 7.33. The number of hydrogen-bond acceptors (Lipinski definition) is 3. The number of rotatable bonds is 3. The van der Waals surface area contributed by atoms with Crippen molar-refractivity contribution >= 4 is 29.9 Å². The second-order valence-electron chi connectivity index (χ2n) is 3.84. The van der Waals surface area contributed by atoms with Crippen LogP contribution in [0.5, 0.6) is 0 Å². The highest BCUT2D eigenvalue weighted by Crippen LogP contribution is 2.18. The van der Waals surface area contributed by atoms with Gasteiger partial charge in [0.05, 0.1) is 6.04 Å². The van der Waals surface area contributed by atoms with Gasteiger partial charge in [-0.1, -0.05) is 6.07 Å². The van der Waals surface area contributed by atoms with Crippen molar-refractivity contribution < 1.29 is 9.59 Å². The van der Waals surface area contributed by atoms with Crippen LogP contribution < -0.4 is 16.4 Å². The van der Waals surface area contributed by atoms with Gasteiger partial charge in [-0.2, -0.15) is 0 Å². The standard InChI is InChI=1S/C12H17N3O2.ClH/c1-7-9(12(17)14-3)5-4-6-10(7)15-11(16)8(2)13;/h4-6,8H,13H2,1-3H3,(H,14,17)(H,15,16);1H. The SMILES string of the molecule is CNC(=O)c1cccc(NC(=O)C(C)N)c1C.Cl. The second kappa shape index (κ2) is 6.98. The van der Waals surface area contributed by atoms with Gasteiger partial charge in [0.1, 0.15) is 0 Å². The van der Waals surface area contributed by atoms with Gasteiger partial charge in [-0.15, -0.1) is 12.4 Å². The van der Waals surface area contributed by atoms with E-state index in [9.17, 15) is 9.59 Å². The van der Waals surface area contributed by atoms with Crippen molar-refractivity contribution in [3.63, 3.8) is 0 Å². The first-order valence-electron chi connectivity index (χ1n) is 5.35. The Kier molecular flexibility index (Phi) is 6.36. The van der Waals surface area contributed by atoms with Gasteiger partial charge >= 0.3 is 0 Å². The zero-order valence-electron chi connectivity index (χ0n) is 10.6. The lowest BCUT2D eigenvalue weighted by molar-refractivity contribution is -0.117. The summed E-state index contributed by atoms with van der Waals surface area (Å²) >= 11 is 0. The molecule has 4 N–H and O–H groups in total. The molecule has 2 amide bonds. The van der Waals surface area contributed by atoms with E-state index in [1.807, 2.05) is 0 Å². The fraction of sp³-hybridized carbons (Fsp3) is 0.333. The van der Waals surface area contributed by atoms with Crippen molar-refractivity contribution in [2.75, 3.05) is 12.4 Å². The van der Waals surface area contributed by atoms with Crippen LogP contribution in [-0.2, 0) is 4.79 Å². The van der Waals surface area contributed by atoms with Crippen LogP contribution in [0.1, 0.15) is 22.8 Å². The molecule has 0 fully saturated rings. The first kappa shape index (κ1) is 16.4. The van der Waals surface area contributed by atoms with Crippen LogP contribution in [0.3, 0.4) is 0 Å². The molecule has 18 heavy (non-hydrogen) atoms. The minimum Gasteiger partial charge on any atom is -0.355 e. The molecule has 0 heterocycles. The molecule has 0 saturated heterocycles. The summed E-state index contributed by atoms with van der Waals surface area (Å²) in [4.78, 5) is 23.0. The molecule has 5 nitrogen and oxygen atoms in total. The molecule has 0 aliphatic rings. The van der Waals surface area contributed by atoms with Crippen molar-refractivity contribution in [1.29, 1.82) is 0 Å². The van der Waals surface area contributed by atoms with Crippen LogP contribution in [0.25, 0.3) is 0 Å². The van der Waals surface area contributed by atoms with Crippen molar-refractivity contribution in [2.24, 2.45) is 5.73 Å². The Morgan fingerprint density at radius 2 is 1.94 bits per heavy atom. The monoisotopic (exact) mass is 271 g/mol. The molecular formula is C12H18ClN3O2. The number of halogens is 1. The van der Waals surface area contributed by atoms with E-state index >= 15 is 0 Å². The van der Waals surface area contributed by atoms with E-state index in [1.54, 1.807) is 39.1 Å². The molecule has 1 unspecified atom stereocenters. The Morgan fingerprint density at radius 1 is 1.33 bits per heavy atom. The Morgan fingerprint density at radius 3 is 2.44 bits per heavy atom. The largest absolute Gasteiger partial charge is 0.355 e. The molecule has 100 valence electrons. The third kappa shape index (κ3) is 3.72. The number of benzene rings is 1. The lowest BCUT2D eigenvalue weighted by atomic mass is 10.1.